The zero-order valence-corrected chi connectivity index (χ0v) is 23.9. The first-order chi connectivity index (χ1) is 19.4. The Hall–Kier alpha value is -3.63. The molecule has 0 saturated heterocycles. The Bertz CT molecular complexity index is 1480. The smallest absolute Gasteiger partial charge is 0.223 e. The second kappa shape index (κ2) is 12.7. The molecule has 0 heterocycles. The molecule has 1 saturated carbocycles. The van der Waals surface area contributed by atoms with Crippen molar-refractivity contribution >= 4 is 23.2 Å². The van der Waals surface area contributed by atoms with E-state index in [1.54, 1.807) is 11.8 Å². The zero-order chi connectivity index (χ0) is 28.1. The lowest BCUT2D eigenvalue weighted by molar-refractivity contribution is -0.116. The fraction of sp³-hybridized carbons (Fsp3) is 0.286. The molecule has 1 amide bonds. The lowest BCUT2D eigenvalue weighted by Crippen LogP contribution is -2.28. The van der Waals surface area contributed by atoms with Crippen LogP contribution in [0.2, 0.25) is 5.02 Å². The van der Waals surface area contributed by atoms with Gasteiger partial charge in [0.1, 0.15) is 18.2 Å². The predicted molar refractivity (Wildman–Crippen MR) is 163 cm³/mol. The zero-order valence-electron chi connectivity index (χ0n) is 23.1. The molecule has 0 spiro atoms. The Morgan fingerprint density at radius 1 is 0.900 bits per heavy atom. The maximum Gasteiger partial charge on any atom is 0.223 e. The van der Waals surface area contributed by atoms with Gasteiger partial charge in [0.05, 0.1) is 0 Å². The standard InChI is InChI=1S/C35H35ClFNO2/c1-3-38(24(2)39)29-17-19-31(26-13-15-28(36)16-14-26)27(21-29)23-40-30-18-20-34(35(37)22-30)33-12-8-7-11-32(33)25-9-5-4-6-10-25/h7-8,11-22,25H,3-6,9-10,23H2,1-2H3. The summed E-state index contributed by atoms with van der Waals surface area (Å²) in [4.78, 5) is 13.9. The maximum absolute atomic E-state index is 15.6. The van der Waals surface area contributed by atoms with Crippen molar-refractivity contribution in [3.8, 4) is 28.0 Å². The molecule has 0 aliphatic heterocycles. The van der Waals surface area contributed by atoms with Gasteiger partial charge in [-0.15, -0.1) is 0 Å². The second-order valence-corrected chi connectivity index (χ2v) is 10.9. The summed E-state index contributed by atoms with van der Waals surface area (Å²) in [5, 5.41) is 0.660. The van der Waals surface area contributed by atoms with Crippen LogP contribution in [0.4, 0.5) is 10.1 Å². The van der Waals surface area contributed by atoms with Crippen LogP contribution in [0.3, 0.4) is 0 Å². The maximum atomic E-state index is 15.6. The largest absolute Gasteiger partial charge is 0.489 e. The molecule has 0 bridgehead atoms. The van der Waals surface area contributed by atoms with Gasteiger partial charge < -0.3 is 9.64 Å². The minimum Gasteiger partial charge on any atom is -0.489 e. The predicted octanol–water partition coefficient (Wildman–Crippen LogP) is 9.81. The summed E-state index contributed by atoms with van der Waals surface area (Å²) in [5.74, 6) is 0.625. The van der Waals surface area contributed by atoms with Crippen LogP contribution in [0.25, 0.3) is 22.3 Å². The third-order valence-electron chi connectivity index (χ3n) is 7.88. The molecule has 40 heavy (non-hydrogen) atoms. The van der Waals surface area contributed by atoms with Crippen molar-refractivity contribution in [2.45, 2.75) is 58.5 Å². The summed E-state index contributed by atoms with van der Waals surface area (Å²) in [6, 6.07) is 26.9. The van der Waals surface area contributed by atoms with Crippen LogP contribution in [-0.2, 0) is 11.4 Å². The highest BCUT2D eigenvalue weighted by molar-refractivity contribution is 6.30. The number of halogens is 2. The molecule has 1 fully saturated rings. The van der Waals surface area contributed by atoms with E-state index in [0.29, 0.717) is 28.8 Å². The topological polar surface area (TPSA) is 29.5 Å². The molecular weight excluding hydrogens is 521 g/mol. The van der Waals surface area contributed by atoms with Crippen molar-refractivity contribution in [1.29, 1.82) is 0 Å². The van der Waals surface area contributed by atoms with Gasteiger partial charge in [0.2, 0.25) is 5.91 Å². The van der Waals surface area contributed by atoms with E-state index in [1.807, 2.05) is 73.7 Å². The van der Waals surface area contributed by atoms with Gasteiger partial charge in [-0.2, -0.15) is 0 Å². The van der Waals surface area contributed by atoms with E-state index in [9.17, 15) is 4.79 Å². The summed E-state index contributed by atoms with van der Waals surface area (Å²) in [6.07, 6.45) is 6.07. The minimum atomic E-state index is -0.291. The van der Waals surface area contributed by atoms with Gasteiger partial charge in [-0.05, 0) is 89.9 Å². The average Bonchev–Trinajstić information content (AvgIpc) is 2.97. The van der Waals surface area contributed by atoms with Crippen molar-refractivity contribution < 1.29 is 13.9 Å². The molecule has 5 rings (SSSR count). The van der Waals surface area contributed by atoms with Gasteiger partial charge in [-0.25, -0.2) is 4.39 Å². The van der Waals surface area contributed by atoms with Gasteiger partial charge in [-0.3, -0.25) is 4.79 Å². The Morgan fingerprint density at radius 3 is 2.33 bits per heavy atom. The van der Waals surface area contributed by atoms with Crippen LogP contribution in [0.15, 0.2) is 84.9 Å². The second-order valence-electron chi connectivity index (χ2n) is 10.5. The summed E-state index contributed by atoms with van der Waals surface area (Å²) in [5.41, 5.74) is 6.47. The molecule has 1 aliphatic rings. The highest BCUT2D eigenvalue weighted by Crippen LogP contribution is 2.39. The molecule has 0 aromatic heterocycles. The van der Waals surface area contributed by atoms with E-state index in [-0.39, 0.29) is 18.3 Å². The van der Waals surface area contributed by atoms with Gasteiger partial charge in [0.25, 0.3) is 0 Å². The number of amides is 1. The van der Waals surface area contributed by atoms with Gasteiger partial charge in [0, 0.05) is 35.8 Å². The van der Waals surface area contributed by atoms with E-state index in [4.69, 9.17) is 16.3 Å². The molecule has 3 nitrogen and oxygen atoms in total. The van der Waals surface area contributed by atoms with Crippen molar-refractivity contribution in [2.75, 3.05) is 11.4 Å². The number of benzene rings is 4. The number of hydrogen-bond donors (Lipinski definition) is 0. The first-order valence-corrected chi connectivity index (χ1v) is 14.5. The summed E-state index contributed by atoms with van der Waals surface area (Å²) < 4.78 is 21.7. The average molecular weight is 556 g/mol. The number of rotatable bonds is 8. The molecule has 4 aromatic rings. The van der Waals surface area contributed by atoms with Gasteiger partial charge in [0.15, 0.2) is 0 Å². The van der Waals surface area contributed by atoms with Gasteiger partial charge in [-0.1, -0.05) is 73.3 Å². The number of carbonyl (C=O) groups excluding carboxylic acids is 1. The van der Waals surface area contributed by atoms with Crippen LogP contribution in [-0.4, -0.2) is 12.5 Å². The fourth-order valence-electron chi connectivity index (χ4n) is 5.84. The molecule has 1 aliphatic carbocycles. The fourth-order valence-corrected chi connectivity index (χ4v) is 5.97. The van der Waals surface area contributed by atoms with Crippen LogP contribution in [0.5, 0.6) is 5.75 Å². The Balaban J connectivity index is 1.42. The van der Waals surface area contributed by atoms with E-state index >= 15 is 4.39 Å². The quantitative estimate of drug-likeness (QED) is 0.216. The Kier molecular flexibility index (Phi) is 8.86. The van der Waals surface area contributed by atoms with Crippen LogP contribution < -0.4 is 9.64 Å². The molecule has 0 atom stereocenters. The molecule has 4 aromatic carbocycles. The lowest BCUT2D eigenvalue weighted by Gasteiger charge is -2.24. The number of nitrogens with zero attached hydrogens (tertiary/aromatic N) is 1. The number of hydrogen-bond acceptors (Lipinski definition) is 2. The van der Waals surface area contributed by atoms with Crippen LogP contribution >= 0.6 is 11.6 Å². The molecule has 206 valence electrons. The third-order valence-corrected chi connectivity index (χ3v) is 8.13. The number of anilines is 1. The lowest BCUT2D eigenvalue weighted by atomic mass is 9.81. The monoisotopic (exact) mass is 555 g/mol. The minimum absolute atomic E-state index is 0.0280. The number of carbonyl (C=O) groups is 1. The molecular formula is C35H35ClFNO2. The van der Waals surface area contributed by atoms with Crippen LogP contribution in [0, 0.1) is 5.82 Å². The van der Waals surface area contributed by atoms with Gasteiger partial charge >= 0.3 is 0 Å². The number of ether oxygens (including phenoxy) is 1. The highest BCUT2D eigenvalue weighted by atomic mass is 35.5. The van der Waals surface area contributed by atoms with E-state index in [2.05, 4.69) is 12.1 Å². The van der Waals surface area contributed by atoms with Crippen molar-refractivity contribution in [3.63, 3.8) is 0 Å². The molecule has 5 heteroatoms. The third kappa shape index (κ3) is 6.23. The van der Waals surface area contributed by atoms with Crippen molar-refractivity contribution in [3.05, 3.63) is 107 Å². The normalized spacial score (nSPS) is 13.7. The molecule has 0 unspecified atom stereocenters. The molecule has 0 radical (unpaired) electrons. The van der Waals surface area contributed by atoms with Crippen LogP contribution in [0.1, 0.15) is 63.0 Å². The first kappa shape index (κ1) is 27.9. The Labute approximate surface area is 241 Å². The van der Waals surface area contributed by atoms with Crippen molar-refractivity contribution in [2.24, 2.45) is 0 Å². The van der Waals surface area contributed by atoms with Crippen molar-refractivity contribution in [1.82, 2.24) is 0 Å². The van der Waals surface area contributed by atoms with E-state index < -0.39 is 0 Å². The summed E-state index contributed by atoms with van der Waals surface area (Å²) in [6.45, 7) is 4.29. The Morgan fingerprint density at radius 2 is 1.62 bits per heavy atom. The first-order valence-electron chi connectivity index (χ1n) is 14.1. The summed E-state index contributed by atoms with van der Waals surface area (Å²) >= 11 is 6.12. The molecule has 0 N–H and O–H groups in total. The van der Waals surface area contributed by atoms with E-state index in [0.717, 1.165) is 40.8 Å². The SMILES string of the molecule is CCN(C(C)=O)c1ccc(-c2ccc(Cl)cc2)c(COc2ccc(-c3ccccc3C3CCCCC3)c(F)c2)c1. The highest BCUT2D eigenvalue weighted by Gasteiger charge is 2.20. The summed E-state index contributed by atoms with van der Waals surface area (Å²) in [7, 11) is 0. The van der Waals surface area contributed by atoms with E-state index in [1.165, 1.54) is 30.9 Å².